The summed E-state index contributed by atoms with van der Waals surface area (Å²) >= 11 is 13.6. The molecule has 0 saturated carbocycles. The van der Waals surface area contributed by atoms with Crippen molar-refractivity contribution < 1.29 is 9.90 Å². The lowest BCUT2D eigenvalue weighted by molar-refractivity contribution is -0.139. The maximum atomic E-state index is 11.2. The smallest absolute Gasteiger partial charge is 0.320 e. The van der Waals surface area contributed by atoms with Crippen LogP contribution in [0.1, 0.15) is 31.1 Å². The quantitative estimate of drug-likeness (QED) is 0.647. The third-order valence-electron chi connectivity index (χ3n) is 3.53. The summed E-state index contributed by atoms with van der Waals surface area (Å²) in [6.07, 6.45) is 2.55. The summed E-state index contributed by atoms with van der Waals surface area (Å²) in [6.45, 7) is 2.61. The molecule has 6 heteroatoms. The number of carbonyl (C=O) groups is 1. The summed E-state index contributed by atoms with van der Waals surface area (Å²) in [4.78, 5) is 13.4. The Morgan fingerprint density at radius 2 is 2.04 bits per heavy atom. The number of rotatable bonds is 8. The first-order valence-electron chi connectivity index (χ1n) is 7.51. The summed E-state index contributed by atoms with van der Waals surface area (Å²) in [6, 6.07) is 9.08. The third kappa shape index (κ3) is 5.21. The summed E-state index contributed by atoms with van der Waals surface area (Å²) in [5, 5.41) is 13.4. The van der Waals surface area contributed by atoms with E-state index >= 15 is 0 Å². The van der Waals surface area contributed by atoms with Crippen molar-refractivity contribution in [3.8, 4) is 10.4 Å². The molecular formula is C17H19Cl2NO2S. The molecule has 0 aliphatic rings. The topological polar surface area (TPSA) is 49.3 Å². The van der Waals surface area contributed by atoms with Crippen molar-refractivity contribution in [2.45, 2.75) is 38.8 Å². The predicted molar refractivity (Wildman–Crippen MR) is 97.6 cm³/mol. The van der Waals surface area contributed by atoms with Crippen molar-refractivity contribution in [3.63, 3.8) is 0 Å². The molecule has 1 aromatic carbocycles. The van der Waals surface area contributed by atoms with E-state index < -0.39 is 12.0 Å². The molecule has 2 rings (SSSR count). The van der Waals surface area contributed by atoms with Gasteiger partial charge in [0.2, 0.25) is 0 Å². The second-order valence-corrected chi connectivity index (χ2v) is 7.29. The fourth-order valence-corrected chi connectivity index (χ4v) is 3.48. The van der Waals surface area contributed by atoms with Gasteiger partial charge in [-0.2, -0.15) is 0 Å². The van der Waals surface area contributed by atoms with Crippen LogP contribution in [0.25, 0.3) is 10.4 Å². The lowest BCUT2D eigenvalue weighted by atomic mass is 10.1. The minimum atomic E-state index is -0.792. The predicted octanol–water partition coefficient (Wildman–Crippen LogP) is 5.45. The van der Waals surface area contributed by atoms with Gasteiger partial charge in [0.1, 0.15) is 6.04 Å². The van der Waals surface area contributed by atoms with Gasteiger partial charge in [0.15, 0.2) is 0 Å². The number of hydrogen-bond donors (Lipinski definition) is 2. The van der Waals surface area contributed by atoms with Gasteiger partial charge >= 0.3 is 5.97 Å². The van der Waals surface area contributed by atoms with Crippen molar-refractivity contribution in [2.75, 3.05) is 0 Å². The van der Waals surface area contributed by atoms with Gasteiger partial charge in [-0.3, -0.25) is 10.1 Å². The molecule has 1 aromatic heterocycles. The second kappa shape index (κ2) is 8.69. The molecule has 0 aliphatic heterocycles. The number of thiophene rings is 1. The van der Waals surface area contributed by atoms with Crippen molar-refractivity contribution in [1.82, 2.24) is 5.32 Å². The van der Waals surface area contributed by atoms with Crippen molar-refractivity contribution in [3.05, 3.63) is 45.3 Å². The molecule has 0 unspecified atom stereocenters. The monoisotopic (exact) mass is 371 g/mol. The van der Waals surface area contributed by atoms with E-state index in [9.17, 15) is 9.90 Å². The first kappa shape index (κ1) is 18.3. The number of aliphatic carboxylic acids is 1. The van der Waals surface area contributed by atoms with E-state index in [0.29, 0.717) is 23.0 Å². The molecule has 124 valence electrons. The molecular weight excluding hydrogens is 353 g/mol. The number of carboxylic acid groups (broad SMARTS) is 1. The fraction of sp³-hybridized carbons (Fsp3) is 0.353. The minimum Gasteiger partial charge on any atom is -0.480 e. The molecule has 1 heterocycles. The standard InChI is InChI=1S/C17H19Cl2NO2S/c1-2-3-4-15(17(21)22)20-10-12-6-8-16(23-12)11-5-7-13(18)14(19)9-11/h5-9,15,20H,2-4,10H2,1H3,(H,21,22)/t15-/m0/s1. The average molecular weight is 372 g/mol. The van der Waals surface area contributed by atoms with Crippen LogP contribution in [0.5, 0.6) is 0 Å². The first-order valence-corrected chi connectivity index (χ1v) is 9.08. The highest BCUT2D eigenvalue weighted by atomic mass is 35.5. The summed E-state index contributed by atoms with van der Waals surface area (Å²) < 4.78 is 0. The zero-order valence-electron chi connectivity index (χ0n) is 12.8. The SMILES string of the molecule is CCCC[C@H](NCc1ccc(-c2ccc(Cl)c(Cl)c2)s1)C(=O)O. The molecule has 2 N–H and O–H groups in total. The Bertz CT molecular complexity index is 672. The van der Waals surface area contributed by atoms with E-state index in [2.05, 4.69) is 12.2 Å². The highest BCUT2D eigenvalue weighted by Gasteiger charge is 2.16. The fourth-order valence-electron chi connectivity index (χ4n) is 2.22. The van der Waals surface area contributed by atoms with E-state index in [1.807, 2.05) is 24.3 Å². The molecule has 0 amide bonds. The molecule has 2 aromatic rings. The van der Waals surface area contributed by atoms with Gasteiger partial charge in [-0.25, -0.2) is 0 Å². The van der Waals surface area contributed by atoms with Crippen LogP contribution in [-0.2, 0) is 11.3 Å². The van der Waals surface area contributed by atoms with Crippen LogP contribution in [0.3, 0.4) is 0 Å². The van der Waals surface area contributed by atoms with Crippen LogP contribution in [-0.4, -0.2) is 17.1 Å². The second-order valence-electron chi connectivity index (χ2n) is 5.31. The largest absolute Gasteiger partial charge is 0.480 e. The number of carboxylic acids is 1. The maximum absolute atomic E-state index is 11.2. The Kier molecular flexibility index (Phi) is 6.90. The zero-order valence-corrected chi connectivity index (χ0v) is 15.1. The molecule has 0 spiro atoms. The van der Waals surface area contributed by atoms with Crippen molar-refractivity contribution in [1.29, 1.82) is 0 Å². The van der Waals surface area contributed by atoms with Gasteiger partial charge in [0, 0.05) is 16.3 Å². The summed E-state index contributed by atoms with van der Waals surface area (Å²) in [7, 11) is 0. The average Bonchev–Trinajstić information content (AvgIpc) is 2.98. The van der Waals surface area contributed by atoms with E-state index in [-0.39, 0.29) is 0 Å². The van der Waals surface area contributed by atoms with Crippen LogP contribution in [0.4, 0.5) is 0 Å². The van der Waals surface area contributed by atoms with Crippen LogP contribution in [0.15, 0.2) is 30.3 Å². The van der Waals surface area contributed by atoms with Crippen LogP contribution in [0, 0.1) is 0 Å². The van der Waals surface area contributed by atoms with E-state index in [0.717, 1.165) is 28.2 Å². The van der Waals surface area contributed by atoms with Crippen LogP contribution < -0.4 is 5.32 Å². The molecule has 3 nitrogen and oxygen atoms in total. The van der Waals surface area contributed by atoms with Gasteiger partial charge < -0.3 is 5.11 Å². The Hall–Kier alpha value is -1.07. The van der Waals surface area contributed by atoms with E-state index in [1.54, 1.807) is 17.4 Å². The third-order valence-corrected chi connectivity index (χ3v) is 5.41. The highest BCUT2D eigenvalue weighted by molar-refractivity contribution is 7.15. The normalized spacial score (nSPS) is 12.3. The first-order chi connectivity index (χ1) is 11.0. The minimum absolute atomic E-state index is 0.495. The van der Waals surface area contributed by atoms with Crippen LogP contribution >= 0.6 is 34.5 Å². The number of unbranched alkanes of at least 4 members (excludes halogenated alkanes) is 1. The maximum Gasteiger partial charge on any atom is 0.320 e. The Morgan fingerprint density at radius 3 is 2.70 bits per heavy atom. The van der Waals surface area contributed by atoms with E-state index in [4.69, 9.17) is 23.2 Å². The van der Waals surface area contributed by atoms with Gasteiger partial charge in [0.05, 0.1) is 10.0 Å². The number of nitrogens with one attached hydrogen (secondary N) is 1. The number of benzene rings is 1. The summed E-state index contributed by atoms with van der Waals surface area (Å²) in [5.41, 5.74) is 1.01. The molecule has 0 saturated heterocycles. The Balaban J connectivity index is 2.01. The van der Waals surface area contributed by atoms with Gasteiger partial charge in [-0.15, -0.1) is 11.3 Å². The Morgan fingerprint density at radius 1 is 1.26 bits per heavy atom. The van der Waals surface area contributed by atoms with Crippen LogP contribution in [0.2, 0.25) is 10.0 Å². The highest BCUT2D eigenvalue weighted by Crippen LogP contribution is 2.32. The van der Waals surface area contributed by atoms with Crippen molar-refractivity contribution in [2.24, 2.45) is 0 Å². The number of hydrogen-bond acceptors (Lipinski definition) is 3. The van der Waals surface area contributed by atoms with Gasteiger partial charge in [-0.1, -0.05) is 49.0 Å². The summed E-state index contributed by atoms with van der Waals surface area (Å²) in [5.74, 6) is -0.792. The molecule has 0 aliphatic carbocycles. The van der Waals surface area contributed by atoms with Gasteiger partial charge in [0.25, 0.3) is 0 Å². The van der Waals surface area contributed by atoms with Crippen molar-refractivity contribution >= 4 is 40.5 Å². The Labute approximate surface area is 150 Å². The molecule has 1 atom stereocenters. The number of halogens is 2. The molecule has 0 bridgehead atoms. The lowest BCUT2D eigenvalue weighted by Crippen LogP contribution is -2.35. The molecule has 23 heavy (non-hydrogen) atoms. The zero-order chi connectivity index (χ0) is 16.8. The molecule has 0 radical (unpaired) electrons. The molecule has 0 fully saturated rings. The van der Waals surface area contributed by atoms with Gasteiger partial charge in [-0.05, 0) is 36.2 Å². The lowest BCUT2D eigenvalue weighted by Gasteiger charge is -2.13. The van der Waals surface area contributed by atoms with E-state index in [1.165, 1.54) is 0 Å².